The highest BCUT2D eigenvalue weighted by atomic mass is 79.9. The van der Waals surface area contributed by atoms with E-state index in [0.717, 1.165) is 15.7 Å². The summed E-state index contributed by atoms with van der Waals surface area (Å²) in [4.78, 5) is 14.6. The molecule has 0 unspecified atom stereocenters. The van der Waals surface area contributed by atoms with E-state index in [0.29, 0.717) is 5.56 Å². The van der Waals surface area contributed by atoms with Crippen LogP contribution >= 0.6 is 27.5 Å². The number of halogens is 2. The van der Waals surface area contributed by atoms with Crippen molar-refractivity contribution in [1.29, 1.82) is 0 Å². The summed E-state index contributed by atoms with van der Waals surface area (Å²) in [6, 6.07) is 10.3. The van der Waals surface area contributed by atoms with Gasteiger partial charge in [-0.15, -0.1) is 0 Å². The van der Waals surface area contributed by atoms with E-state index in [1.165, 1.54) is 12.1 Å². The van der Waals surface area contributed by atoms with E-state index >= 15 is 0 Å². The molecule has 0 radical (unpaired) electrons. The van der Waals surface area contributed by atoms with Crippen molar-refractivity contribution in [3.8, 4) is 0 Å². The van der Waals surface area contributed by atoms with Gasteiger partial charge in [0.05, 0.1) is 10.6 Å². The van der Waals surface area contributed by atoms with Crippen LogP contribution in [0.2, 0.25) is 5.02 Å². The monoisotopic (exact) mass is 352 g/mol. The average Bonchev–Trinajstić information content (AvgIpc) is 2.39. The molecule has 2 rings (SSSR count). The van der Waals surface area contributed by atoms with Crippen LogP contribution in [0.3, 0.4) is 0 Å². The molecule has 6 heteroatoms. The fraction of sp³-hybridized carbons (Fsp3) is 0.0714. The van der Waals surface area contributed by atoms with Gasteiger partial charge in [-0.2, -0.15) is 0 Å². The first-order valence-electron chi connectivity index (χ1n) is 5.71. The Morgan fingerprint density at radius 3 is 2.70 bits per heavy atom. The Kier molecular flexibility index (Phi) is 4.52. The second-order valence-corrected chi connectivity index (χ2v) is 5.44. The van der Waals surface area contributed by atoms with Gasteiger partial charge in [0.15, 0.2) is 0 Å². The third-order valence-corrected chi connectivity index (χ3v) is 3.58. The van der Waals surface area contributed by atoms with Crippen LogP contribution in [0.25, 0.3) is 0 Å². The van der Waals surface area contributed by atoms with Gasteiger partial charge in [0, 0.05) is 16.8 Å². The lowest BCUT2D eigenvalue weighted by molar-refractivity contribution is -0.384. The number of nitrogens with zero attached hydrogens (tertiary/aromatic N) is 2. The van der Waals surface area contributed by atoms with E-state index < -0.39 is 4.92 Å². The Labute approximate surface area is 129 Å². The fourth-order valence-electron chi connectivity index (χ4n) is 1.61. The molecule has 0 aromatic heterocycles. The summed E-state index contributed by atoms with van der Waals surface area (Å²) in [6.07, 6.45) is 1.57. The first kappa shape index (κ1) is 14.7. The summed E-state index contributed by atoms with van der Waals surface area (Å²) in [7, 11) is 0. The van der Waals surface area contributed by atoms with E-state index in [1.807, 2.05) is 25.1 Å². The normalized spacial score (nSPS) is 10.9. The van der Waals surface area contributed by atoms with Crippen molar-refractivity contribution in [2.45, 2.75) is 6.92 Å². The van der Waals surface area contributed by atoms with Gasteiger partial charge >= 0.3 is 0 Å². The SMILES string of the molecule is Cc1ccc(N=Cc2ccc(Cl)c([N+](=O)[O-])c2)c(Br)c1. The van der Waals surface area contributed by atoms with Crippen molar-refractivity contribution < 1.29 is 4.92 Å². The minimum atomic E-state index is -0.512. The molecular formula is C14H10BrClN2O2. The van der Waals surface area contributed by atoms with Crippen LogP contribution in [-0.4, -0.2) is 11.1 Å². The van der Waals surface area contributed by atoms with Crippen molar-refractivity contribution >= 4 is 45.1 Å². The molecule has 102 valence electrons. The third kappa shape index (κ3) is 3.43. The van der Waals surface area contributed by atoms with Crippen LogP contribution in [0.15, 0.2) is 45.9 Å². The largest absolute Gasteiger partial charge is 0.288 e. The molecule has 2 aromatic rings. The van der Waals surface area contributed by atoms with E-state index in [-0.39, 0.29) is 10.7 Å². The lowest BCUT2D eigenvalue weighted by atomic mass is 10.2. The minimum absolute atomic E-state index is 0.115. The highest BCUT2D eigenvalue weighted by Crippen LogP contribution is 2.27. The van der Waals surface area contributed by atoms with E-state index in [1.54, 1.807) is 12.3 Å². The Hall–Kier alpha value is -1.72. The van der Waals surface area contributed by atoms with Gasteiger partial charge in [0.2, 0.25) is 0 Å². The number of hydrogen-bond donors (Lipinski definition) is 0. The summed E-state index contributed by atoms with van der Waals surface area (Å²) < 4.78 is 0.872. The van der Waals surface area contributed by atoms with E-state index in [4.69, 9.17) is 11.6 Å². The van der Waals surface area contributed by atoms with Crippen LogP contribution in [-0.2, 0) is 0 Å². The van der Waals surface area contributed by atoms with Gasteiger partial charge in [0.1, 0.15) is 5.02 Å². The lowest BCUT2D eigenvalue weighted by Crippen LogP contribution is -1.91. The standard InChI is InChI=1S/C14H10BrClN2O2/c1-9-2-5-13(11(15)6-9)17-8-10-3-4-12(16)14(7-10)18(19)20/h2-8H,1H3. The number of aliphatic imine (C=N–C) groups is 1. The smallest absolute Gasteiger partial charge is 0.258 e. The molecule has 0 N–H and O–H groups in total. The predicted molar refractivity (Wildman–Crippen MR) is 84.2 cm³/mol. The minimum Gasteiger partial charge on any atom is -0.258 e. The van der Waals surface area contributed by atoms with Gasteiger partial charge in [0.25, 0.3) is 5.69 Å². The number of nitro benzene ring substituents is 1. The van der Waals surface area contributed by atoms with Gasteiger partial charge in [-0.3, -0.25) is 15.1 Å². The molecule has 20 heavy (non-hydrogen) atoms. The summed E-state index contributed by atoms with van der Waals surface area (Å²) in [5.41, 5.74) is 2.37. The van der Waals surface area contributed by atoms with E-state index in [2.05, 4.69) is 20.9 Å². The van der Waals surface area contributed by atoms with Crippen LogP contribution < -0.4 is 0 Å². The van der Waals surface area contributed by atoms with E-state index in [9.17, 15) is 10.1 Å². The maximum Gasteiger partial charge on any atom is 0.288 e. The topological polar surface area (TPSA) is 55.5 Å². The van der Waals surface area contributed by atoms with Crippen molar-refractivity contribution in [3.63, 3.8) is 0 Å². The molecule has 2 aromatic carbocycles. The van der Waals surface area contributed by atoms with Gasteiger partial charge in [-0.25, -0.2) is 0 Å². The molecule has 0 aliphatic carbocycles. The molecule has 0 saturated heterocycles. The quantitative estimate of drug-likeness (QED) is 0.439. The number of aryl methyl sites for hydroxylation is 1. The van der Waals surface area contributed by atoms with Gasteiger partial charge in [-0.1, -0.05) is 23.7 Å². The Morgan fingerprint density at radius 1 is 1.30 bits per heavy atom. The summed E-state index contributed by atoms with van der Waals surface area (Å²) in [5.74, 6) is 0. The maximum atomic E-state index is 10.8. The molecule has 0 heterocycles. The molecule has 4 nitrogen and oxygen atoms in total. The van der Waals surface area contributed by atoms with Crippen molar-refractivity contribution in [3.05, 3.63) is 67.1 Å². The number of hydrogen-bond acceptors (Lipinski definition) is 3. The first-order chi connectivity index (χ1) is 9.47. The lowest BCUT2D eigenvalue weighted by Gasteiger charge is -2.00. The van der Waals surface area contributed by atoms with Crippen LogP contribution in [0.4, 0.5) is 11.4 Å². The zero-order valence-electron chi connectivity index (χ0n) is 10.5. The Balaban J connectivity index is 2.32. The van der Waals surface area contributed by atoms with Crippen LogP contribution in [0, 0.1) is 17.0 Å². The second-order valence-electron chi connectivity index (χ2n) is 4.18. The Morgan fingerprint density at radius 2 is 2.05 bits per heavy atom. The molecule has 0 atom stereocenters. The molecule has 0 aliphatic heterocycles. The third-order valence-electron chi connectivity index (χ3n) is 2.62. The first-order valence-corrected chi connectivity index (χ1v) is 6.88. The van der Waals surface area contributed by atoms with Crippen molar-refractivity contribution in [2.75, 3.05) is 0 Å². The Bertz CT molecular complexity index is 702. The molecule has 0 saturated carbocycles. The fourth-order valence-corrected chi connectivity index (χ4v) is 2.39. The molecule has 0 aliphatic rings. The number of benzene rings is 2. The molecule has 0 spiro atoms. The summed E-state index contributed by atoms with van der Waals surface area (Å²) >= 11 is 9.18. The average molecular weight is 354 g/mol. The predicted octanol–water partition coefficient (Wildman–Crippen LogP) is 5.07. The highest BCUT2D eigenvalue weighted by molar-refractivity contribution is 9.10. The zero-order chi connectivity index (χ0) is 14.7. The van der Waals surface area contributed by atoms with Crippen molar-refractivity contribution in [1.82, 2.24) is 0 Å². The van der Waals surface area contributed by atoms with Gasteiger partial charge in [-0.05, 0) is 52.2 Å². The molecular weight excluding hydrogens is 344 g/mol. The molecule has 0 amide bonds. The van der Waals surface area contributed by atoms with Crippen molar-refractivity contribution in [2.24, 2.45) is 4.99 Å². The highest BCUT2D eigenvalue weighted by Gasteiger charge is 2.11. The number of rotatable bonds is 3. The summed E-state index contributed by atoms with van der Waals surface area (Å²) in [6.45, 7) is 1.99. The molecule has 0 fully saturated rings. The second kappa shape index (κ2) is 6.15. The zero-order valence-corrected chi connectivity index (χ0v) is 12.9. The number of nitro groups is 1. The molecule has 0 bridgehead atoms. The van der Waals surface area contributed by atoms with Gasteiger partial charge < -0.3 is 0 Å². The van der Waals surface area contributed by atoms with Crippen LogP contribution in [0.1, 0.15) is 11.1 Å². The summed E-state index contributed by atoms with van der Waals surface area (Å²) in [5, 5.41) is 10.9. The maximum absolute atomic E-state index is 10.8. The van der Waals surface area contributed by atoms with Crippen LogP contribution in [0.5, 0.6) is 0 Å².